The third-order valence-electron chi connectivity index (χ3n) is 0.650. The molecule has 4 heteroatoms. The van der Waals surface area contributed by atoms with Crippen molar-refractivity contribution in [1.29, 1.82) is 0 Å². The van der Waals surface area contributed by atoms with Gasteiger partial charge in [-0.05, 0) is 38.6 Å². The van der Waals surface area contributed by atoms with Crippen molar-refractivity contribution < 1.29 is 4.18 Å². The van der Waals surface area contributed by atoms with Gasteiger partial charge in [0.25, 0.3) is 0 Å². The largest absolute Gasteiger partial charge is 0.318 e. The van der Waals surface area contributed by atoms with Crippen molar-refractivity contribution in [3.8, 4) is 0 Å². The molecule has 0 aliphatic carbocycles. The first-order valence-corrected chi connectivity index (χ1v) is 3.10. The fraction of sp³-hybridized carbons (Fsp3) is 0.750. The van der Waals surface area contributed by atoms with Gasteiger partial charge in [-0.25, -0.2) is 4.40 Å². The van der Waals surface area contributed by atoms with E-state index in [9.17, 15) is 0 Å². The molecule has 0 aliphatic heterocycles. The molecule has 0 spiro atoms. The minimum atomic E-state index is 0.670. The molecule has 48 valence electrons. The van der Waals surface area contributed by atoms with Crippen molar-refractivity contribution in [2.45, 2.75) is 12.8 Å². The summed E-state index contributed by atoms with van der Waals surface area (Å²) in [6, 6.07) is 0. The predicted octanol–water partition coefficient (Wildman–Crippen LogP) is 1.54. The first-order valence-electron chi connectivity index (χ1n) is 2.34. The van der Waals surface area contributed by atoms with E-state index in [2.05, 4.69) is 34.3 Å². The van der Waals surface area contributed by atoms with E-state index in [0.717, 1.165) is 12.8 Å². The Morgan fingerprint density at radius 2 is 2.38 bits per heavy atom. The zero-order valence-corrected chi connectivity index (χ0v) is 6.24. The maximum absolute atomic E-state index is 4.50. The minimum Gasteiger partial charge on any atom is -0.318 e. The van der Waals surface area contributed by atoms with Crippen molar-refractivity contribution >= 4 is 31.9 Å². The Hall–Kier alpha value is 0.330. The molecular formula is C4H9NOS2. The molecule has 0 N–H and O–H groups in total. The molecule has 0 rings (SSSR count). The van der Waals surface area contributed by atoms with Crippen LogP contribution in [0.2, 0.25) is 0 Å². The maximum Gasteiger partial charge on any atom is 0.0614 e. The molecule has 0 aromatic carbocycles. The van der Waals surface area contributed by atoms with E-state index in [4.69, 9.17) is 0 Å². The number of hydrogen-bond acceptors (Lipinski definition) is 4. The number of unbranched alkanes of at least 4 members (excludes halogenated alkanes) is 1. The van der Waals surface area contributed by atoms with Crippen LogP contribution in [0, 0.1) is 0 Å². The Labute approximate surface area is 60.5 Å². The van der Waals surface area contributed by atoms with Crippen LogP contribution in [0.15, 0.2) is 4.40 Å². The van der Waals surface area contributed by atoms with Gasteiger partial charge in [-0.1, -0.05) is 0 Å². The predicted molar refractivity (Wildman–Crippen MR) is 41.7 cm³/mol. The van der Waals surface area contributed by atoms with Crippen molar-refractivity contribution in [2.24, 2.45) is 4.40 Å². The van der Waals surface area contributed by atoms with E-state index in [-0.39, 0.29) is 0 Å². The number of rotatable bonds is 4. The van der Waals surface area contributed by atoms with Gasteiger partial charge >= 0.3 is 0 Å². The van der Waals surface area contributed by atoms with Crippen LogP contribution in [0.25, 0.3) is 0 Å². The summed E-state index contributed by atoms with van der Waals surface area (Å²) in [7, 11) is 0. The lowest BCUT2D eigenvalue weighted by atomic mass is 10.3. The zero-order chi connectivity index (χ0) is 6.24. The molecule has 0 heterocycles. The van der Waals surface area contributed by atoms with Crippen LogP contribution in [0.3, 0.4) is 0 Å². The van der Waals surface area contributed by atoms with E-state index in [1.54, 1.807) is 6.21 Å². The number of thiol groups is 2. The van der Waals surface area contributed by atoms with Gasteiger partial charge in [0.2, 0.25) is 0 Å². The average Bonchev–Trinajstić information content (AvgIpc) is 1.81. The van der Waals surface area contributed by atoms with Gasteiger partial charge in [0.15, 0.2) is 0 Å². The van der Waals surface area contributed by atoms with Crippen molar-refractivity contribution in [3.05, 3.63) is 0 Å². The highest BCUT2D eigenvalue weighted by molar-refractivity contribution is 7.78. The van der Waals surface area contributed by atoms with Gasteiger partial charge in [0.05, 0.1) is 6.61 Å². The van der Waals surface area contributed by atoms with Crippen molar-refractivity contribution in [2.75, 3.05) is 6.61 Å². The monoisotopic (exact) mass is 151 g/mol. The SMILES string of the molecule is SN=CCCCOS. The molecule has 0 bridgehead atoms. The van der Waals surface area contributed by atoms with Gasteiger partial charge in [0.1, 0.15) is 0 Å². The standard InChI is InChI=1S/C4H9NOS2/c7-5-3-1-2-4-6-8/h3,7-8H,1-2,4H2. The van der Waals surface area contributed by atoms with E-state index in [0.29, 0.717) is 6.61 Å². The second-order valence-corrected chi connectivity index (χ2v) is 1.76. The first kappa shape index (κ1) is 8.33. The van der Waals surface area contributed by atoms with E-state index in [1.165, 1.54) is 0 Å². The summed E-state index contributed by atoms with van der Waals surface area (Å²) < 4.78 is 7.99. The molecule has 0 saturated carbocycles. The number of nitrogens with zero attached hydrogens (tertiary/aromatic N) is 1. The molecular weight excluding hydrogens is 142 g/mol. The van der Waals surface area contributed by atoms with Crippen LogP contribution in [0.5, 0.6) is 0 Å². The van der Waals surface area contributed by atoms with E-state index >= 15 is 0 Å². The summed E-state index contributed by atoms with van der Waals surface area (Å²) in [6.07, 6.45) is 3.59. The van der Waals surface area contributed by atoms with Crippen LogP contribution in [-0.4, -0.2) is 12.8 Å². The molecule has 0 saturated heterocycles. The molecule has 0 aromatic heterocycles. The van der Waals surface area contributed by atoms with Gasteiger partial charge in [-0.3, -0.25) is 0 Å². The molecule has 2 nitrogen and oxygen atoms in total. The smallest absolute Gasteiger partial charge is 0.0614 e. The topological polar surface area (TPSA) is 21.6 Å². The van der Waals surface area contributed by atoms with Gasteiger partial charge in [0, 0.05) is 6.21 Å². The van der Waals surface area contributed by atoms with Gasteiger partial charge in [-0.15, -0.1) is 0 Å². The molecule has 0 unspecified atom stereocenters. The summed E-state index contributed by atoms with van der Waals surface area (Å²) in [5, 5.41) is 0. The molecule has 8 heavy (non-hydrogen) atoms. The van der Waals surface area contributed by atoms with Crippen LogP contribution in [0.4, 0.5) is 0 Å². The Morgan fingerprint density at radius 1 is 1.62 bits per heavy atom. The highest BCUT2D eigenvalue weighted by Crippen LogP contribution is 1.88. The third-order valence-corrected chi connectivity index (χ3v) is 0.996. The summed E-state index contributed by atoms with van der Waals surface area (Å²) in [6.45, 7) is 0.670. The third kappa shape index (κ3) is 6.33. The molecule has 0 atom stereocenters. The van der Waals surface area contributed by atoms with Crippen LogP contribution in [0.1, 0.15) is 12.8 Å². The summed E-state index contributed by atoms with van der Waals surface area (Å²) in [4.78, 5) is 0. The highest BCUT2D eigenvalue weighted by atomic mass is 32.1. The Balaban J connectivity index is 2.72. The summed E-state index contributed by atoms with van der Waals surface area (Å²) in [5.41, 5.74) is 0. The lowest BCUT2D eigenvalue weighted by Crippen LogP contribution is -1.83. The lowest BCUT2D eigenvalue weighted by molar-refractivity contribution is 0.376. The molecule has 0 radical (unpaired) electrons. The fourth-order valence-electron chi connectivity index (χ4n) is 0.297. The second-order valence-electron chi connectivity index (χ2n) is 1.27. The number of hydrogen-bond donors (Lipinski definition) is 2. The lowest BCUT2D eigenvalue weighted by Gasteiger charge is -1.89. The Bertz CT molecular complexity index is 67.1. The molecule has 0 aromatic rings. The summed E-state index contributed by atoms with van der Waals surface area (Å²) in [5.74, 6) is 0. The quantitative estimate of drug-likeness (QED) is 0.270. The van der Waals surface area contributed by atoms with Gasteiger partial charge < -0.3 is 4.18 Å². The second kappa shape index (κ2) is 7.33. The molecule has 0 fully saturated rings. The highest BCUT2D eigenvalue weighted by Gasteiger charge is 1.80. The van der Waals surface area contributed by atoms with E-state index in [1.807, 2.05) is 0 Å². The van der Waals surface area contributed by atoms with E-state index < -0.39 is 0 Å². The van der Waals surface area contributed by atoms with Crippen LogP contribution < -0.4 is 0 Å². The minimum absolute atomic E-state index is 0.670. The summed E-state index contributed by atoms with van der Waals surface area (Å²) >= 11 is 7.19. The maximum atomic E-state index is 4.50. The molecule has 0 amide bonds. The average molecular weight is 151 g/mol. The zero-order valence-electron chi connectivity index (χ0n) is 4.45. The normalized spacial score (nSPS) is 10.8. The Morgan fingerprint density at radius 3 is 2.88 bits per heavy atom. The Kier molecular flexibility index (Phi) is 7.63. The molecule has 0 aliphatic rings. The first-order chi connectivity index (χ1) is 3.91. The van der Waals surface area contributed by atoms with Crippen LogP contribution >= 0.6 is 25.7 Å². The van der Waals surface area contributed by atoms with Crippen molar-refractivity contribution in [1.82, 2.24) is 0 Å². The van der Waals surface area contributed by atoms with Crippen LogP contribution in [-0.2, 0) is 4.18 Å². The van der Waals surface area contributed by atoms with Gasteiger partial charge in [-0.2, -0.15) is 0 Å². The van der Waals surface area contributed by atoms with Crippen molar-refractivity contribution in [3.63, 3.8) is 0 Å². The fourth-order valence-corrected chi connectivity index (χ4v) is 0.541.